The van der Waals surface area contributed by atoms with E-state index >= 15 is 0 Å². The predicted octanol–water partition coefficient (Wildman–Crippen LogP) is 2.63. The first kappa shape index (κ1) is 17.2. The van der Waals surface area contributed by atoms with Gasteiger partial charge >= 0.3 is 0 Å². The van der Waals surface area contributed by atoms with Gasteiger partial charge in [-0.1, -0.05) is 30.1 Å². The number of aromatic nitrogens is 2. The third kappa shape index (κ3) is 2.93. The summed E-state index contributed by atoms with van der Waals surface area (Å²) >= 11 is 11.8. The van der Waals surface area contributed by atoms with Gasteiger partial charge in [0.25, 0.3) is 5.56 Å². The molecule has 0 atom stereocenters. The van der Waals surface area contributed by atoms with Gasteiger partial charge in [-0.2, -0.15) is 0 Å². The summed E-state index contributed by atoms with van der Waals surface area (Å²) in [6, 6.07) is 1.34. The van der Waals surface area contributed by atoms with Crippen molar-refractivity contribution in [3.05, 3.63) is 32.3 Å². The van der Waals surface area contributed by atoms with E-state index in [0.29, 0.717) is 12.4 Å². The van der Waals surface area contributed by atoms with Crippen LogP contribution in [0.5, 0.6) is 5.75 Å². The van der Waals surface area contributed by atoms with Gasteiger partial charge in [-0.05, 0) is 12.6 Å². The van der Waals surface area contributed by atoms with E-state index in [1.807, 2.05) is 6.92 Å². The van der Waals surface area contributed by atoms with Gasteiger partial charge in [0.1, 0.15) is 11.3 Å². The van der Waals surface area contributed by atoms with Crippen LogP contribution in [0.15, 0.2) is 10.9 Å². The van der Waals surface area contributed by atoms with Crippen LogP contribution in [0.4, 0.5) is 0 Å². The SMILES string of the molecule is Br.CCNCc1nc2c(O)c(Cl)cc(Cl)c2c(=O)n1C. The van der Waals surface area contributed by atoms with Crippen LogP contribution in [0.2, 0.25) is 10.0 Å². The monoisotopic (exact) mass is 381 g/mol. The molecule has 2 N–H and O–H groups in total. The maximum Gasteiger partial charge on any atom is 0.262 e. The van der Waals surface area contributed by atoms with Gasteiger partial charge < -0.3 is 10.4 Å². The van der Waals surface area contributed by atoms with Crippen molar-refractivity contribution in [1.82, 2.24) is 14.9 Å². The zero-order valence-corrected chi connectivity index (χ0v) is 14.1. The molecule has 0 saturated carbocycles. The fourth-order valence-electron chi connectivity index (χ4n) is 1.79. The molecule has 0 spiro atoms. The van der Waals surface area contributed by atoms with E-state index in [0.717, 1.165) is 6.54 Å². The van der Waals surface area contributed by atoms with E-state index in [-0.39, 0.29) is 49.2 Å². The quantitative estimate of drug-likeness (QED) is 0.856. The Morgan fingerprint density at radius 1 is 1.40 bits per heavy atom. The number of hydrogen-bond donors (Lipinski definition) is 2. The fourth-order valence-corrected chi connectivity index (χ4v) is 2.33. The van der Waals surface area contributed by atoms with Crippen LogP contribution < -0.4 is 10.9 Å². The second-order valence-electron chi connectivity index (χ2n) is 4.08. The van der Waals surface area contributed by atoms with E-state index in [1.165, 1.54) is 10.6 Å². The minimum absolute atomic E-state index is 0. The molecule has 1 heterocycles. The molecular formula is C12H14BrCl2N3O2. The highest BCUT2D eigenvalue weighted by Crippen LogP contribution is 2.34. The summed E-state index contributed by atoms with van der Waals surface area (Å²) in [6.07, 6.45) is 0. The first-order valence-electron chi connectivity index (χ1n) is 5.74. The Balaban J connectivity index is 0.00000200. The molecule has 0 aliphatic heterocycles. The topological polar surface area (TPSA) is 67.2 Å². The Morgan fingerprint density at radius 3 is 2.65 bits per heavy atom. The molecule has 8 heteroatoms. The molecule has 0 saturated heterocycles. The van der Waals surface area contributed by atoms with Crippen molar-refractivity contribution in [2.45, 2.75) is 13.5 Å². The molecular weight excluding hydrogens is 369 g/mol. The van der Waals surface area contributed by atoms with Crippen molar-refractivity contribution in [3.8, 4) is 5.75 Å². The Hall–Kier alpha value is -0.820. The van der Waals surface area contributed by atoms with Gasteiger partial charge in [0.05, 0.1) is 22.0 Å². The van der Waals surface area contributed by atoms with Crippen molar-refractivity contribution in [1.29, 1.82) is 0 Å². The van der Waals surface area contributed by atoms with Crippen LogP contribution in [0.3, 0.4) is 0 Å². The number of halogens is 3. The summed E-state index contributed by atoms with van der Waals surface area (Å²) in [4.78, 5) is 16.5. The molecule has 0 amide bonds. The van der Waals surface area contributed by atoms with Crippen LogP contribution in [0, 0.1) is 0 Å². The van der Waals surface area contributed by atoms with Crippen molar-refractivity contribution in [2.24, 2.45) is 7.05 Å². The summed E-state index contributed by atoms with van der Waals surface area (Å²) in [6.45, 7) is 3.11. The highest BCUT2D eigenvalue weighted by molar-refractivity contribution is 8.93. The number of nitrogens with zero attached hydrogens (tertiary/aromatic N) is 2. The molecule has 0 aliphatic rings. The smallest absolute Gasteiger partial charge is 0.262 e. The van der Waals surface area contributed by atoms with Crippen molar-refractivity contribution in [3.63, 3.8) is 0 Å². The second-order valence-corrected chi connectivity index (χ2v) is 4.90. The maximum absolute atomic E-state index is 12.3. The number of benzene rings is 1. The van der Waals surface area contributed by atoms with Crippen molar-refractivity contribution < 1.29 is 5.11 Å². The summed E-state index contributed by atoms with van der Waals surface area (Å²) in [5.74, 6) is 0.282. The Bertz CT molecular complexity index is 703. The lowest BCUT2D eigenvalue weighted by Crippen LogP contribution is -2.26. The molecule has 5 nitrogen and oxygen atoms in total. The van der Waals surface area contributed by atoms with E-state index in [9.17, 15) is 9.90 Å². The fraction of sp³-hybridized carbons (Fsp3) is 0.333. The number of fused-ring (bicyclic) bond motifs is 1. The molecule has 0 bridgehead atoms. The van der Waals surface area contributed by atoms with E-state index < -0.39 is 0 Å². The molecule has 110 valence electrons. The Kier molecular flexibility index (Phi) is 5.82. The third-order valence-electron chi connectivity index (χ3n) is 2.86. The third-order valence-corrected chi connectivity index (χ3v) is 3.45. The normalized spacial score (nSPS) is 10.6. The van der Waals surface area contributed by atoms with Gasteiger partial charge in [-0.15, -0.1) is 17.0 Å². The predicted molar refractivity (Wildman–Crippen MR) is 86.4 cm³/mol. The molecule has 2 rings (SSSR count). The summed E-state index contributed by atoms with van der Waals surface area (Å²) in [5, 5.41) is 13.4. The number of nitrogens with one attached hydrogen (secondary N) is 1. The lowest BCUT2D eigenvalue weighted by molar-refractivity contribution is 0.479. The van der Waals surface area contributed by atoms with E-state index in [2.05, 4.69) is 10.3 Å². The van der Waals surface area contributed by atoms with Gasteiger partial charge in [0, 0.05) is 7.05 Å². The van der Waals surface area contributed by atoms with Crippen LogP contribution in [0.1, 0.15) is 12.7 Å². The Labute approximate surface area is 136 Å². The van der Waals surface area contributed by atoms with Gasteiger partial charge in [0.2, 0.25) is 0 Å². The standard InChI is InChI=1S/C12H13Cl2N3O2.BrH/c1-3-15-5-8-16-10-9(12(19)17(8)2)6(13)4-7(14)11(10)18;/h4,15,18H,3,5H2,1-2H3;1H. The first-order chi connectivity index (χ1) is 8.97. The second kappa shape index (κ2) is 6.76. The zero-order chi connectivity index (χ0) is 14.2. The number of phenolic OH excluding ortho intramolecular Hbond substituents is 1. The van der Waals surface area contributed by atoms with Gasteiger partial charge in [-0.3, -0.25) is 9.36 Å². The number of phenols is 1. The van der Waals surface area contributed by atoms with Crippen LogP contribution in [-0.2, 0) is 13.6 Å². The summed E-state index contributed by atoms with van der Waals surface area (Å²) < 4.78 is 1.41. The van der Waals surface area contributed by atoms with Crippen LogP contribution >= 0.6 is 40.2 Å². The number of rotatable bonds is 3. The van der Waals surface area contributed by atoms with Gasteiger partial charge in [-0.25, -0.2) is 4.98 Å². The molecule has 20 heavy (non-hydrogen) atoms. The summed E-state index contributed by atoms with van der Waals surface area (Å²) in [7, 11) is 1.61. The lowest BCUT2D eigenvalue weighted by atomic mass is 10.2. The zero-order valence-electron chi connectivity index (χ0n) is 10.9. The van der Waals surface area contributed by atoms with Crippen LogP contribution in [0.25, 0.3) is 10.9 Å². The first-order valence-corrected chi connectivity index (χ1v) is 6.50. The number of aromatic hydroxyl groups is 1. The lowest BCUT2D eigenvalue weighted by Gasteiger charge is -2.11. The molecule has 2 aromatic rings. The molecule has 0 radical (unpaired) electrons. The Morgan fingerprint density at radius 2 is 2.05 bits per heavy atom. The maximum atomic E-state index is 12.3. The summed E-state index contributed by atoms with van der Waals surface area (Å²) in [5.41, 5.74) is -0.177. The average molecular weight is 383 g/mol. The molecule has 1 aromatic carbocycles. The highest BCUT2D eigenvalue weighted by atomic mass is 79.9. The number of hydrogen-bond acceptors (Lipinski definition) is 4. The highest BCUT2D eigenvalue weighted by Gasteiger charge is 2.16. The molecule has 0 unspecified atom stereocenters. The molecule has 0 fully saturated rings. The minimum Gasteiger partial charge on any atom is -0.504 e. The van der Waals surface area contributed by atoms with E-state index in [1.54, 1.807) is 7.05 Å². The van der Waals surface area contributed by atoms with Crippen molar-refractivity contribution >= 4 is 51.1 Å². The van der Waals surface area contributed by atoms with Crippen LogP contribution in [-0.4, -0.2) is 21.2 Å². The van der Waals surface area contributed by atoms with E-state index in [4.69, 9.17) is 23.2 Å². The molecule has 1 aromatic heterocycles. The molecule has 0 aliphatic carbocycles. The van der Waals surface area contributed by atoms with Crippen molar-refractivity contribution in [2.75, 3.05) is 6.54 Å². The largest absolute Gasteiger partial charge is 0.504 e. The minimum atomic E-state index is -0.310. The average Bonchev–Trinajstić information content (AvgIpc) is 2.37. The van der Waals surface area contributed by atoms with Gasteiger partial charge in [0.15, 0.2) is 5.75 Å².